The zero-order chi connectivity index (χ0) is 18.9. The molecule has 5 nitrogen and oxygen atoms in total. The smallest absolute Gasteiger partial charge is 0.231 e. The quantitative estimate of drug-likeness (QED) is 0.605. The maximum Gasteiger partial charge on any atom is 0.231 e. The number of hydrogen-bond acceptors (Lipinski definition) is 4. The van der Waals surface area contributed by atoms with Gasteiger partial charge in [-0.1, -0.05) is 32.4 Å². The number of anilines is 1. The van der Waals surface area contributed by atoms with Crippen LogP contribution in [0.1, 0.15) is 20.8 Å². The first-order chi connectivity index (χ1) is 12.2. The molecule has 134 valence electrons. The zero-order valence-electron chi connectivity index (χ0n) is 14.6. The fourth-order valence-electron chi connectivity index (χ4n) is 2.17. The van der Waals surface area contributed by atoms with E-state index in [1.165, 1.54) is 0 Å². The van der Waals surface area contributed by atoms with Crippen molar-refractivity contribution < 1.29 is 9.21 Å². The van der Waals surface area contributed by atoms with E-state index >= 15 is 0 Å². The van der Waals surface area contributed by atoms with Crippen LogP contribution >= 0.6 is 23.8 Å². The second-order valence-corrected chi connectivity index (χ2v) is 7.71. The fourth-order valence-corrected chi connectivity index (χ4v) is 2.51. The van der Waals surface area contributed by atoms with Crippen molar-refractivity contribution in [3.8, 4) is 11.5 Å². The molecule has 0 aliphatic carbocycles. The van der Waals surface area contributed by atoms with Crippen molar-refractivity contribution in [2.75, 3.05) is 5.32 Å². The summed E-state index contributed by atoms with van der Waals surface area (Å²) < 4.78 is 5.78. The Kier molecular flexibility index (Phi) is 4.98. The Labute approximate surface area is 161 Å². The fraction of sp³-hybridized carbons (Fsp3) is 0.211. The van der Waals surface area contributed by atoms with Crippen LogP contribution in [0.25, 0.3) is 22.6 Å². The SMILES string of the molecule is CC(C)(C)C(=O)NC(=S)Nc1ccc2oc(-c3ccc(Cl)cc3)nc2c1. The van der Waals surface area contributed by atoms with Gasteiger partial charge in [0.25, 0.3) is 0 Å². The van der Waals surface area contributed by atoms with Crippen molar-refractivity contribution in [1.82, 2.24) is 10.3 Å². The topological polar surface area (TPSA) is 67.2 Å². The molecule has 0 atom stereocenters. The third kappa shape index (κ3) is 4.20. The molecule has 2 aromatic carbocycles. The van der Waals surface area contributed by atoms with Crippen LogP contribution in [0.5, 0.6) is 0 Å². The maximum absolute atomic E-state index is 12.0. The van der Waals surface area contributed by atoms with Gasteiger partial charge in [-0.2, -0.15) is 0 Å². The van der Waals surface area contributed by atoms with E-state index in [9.17, 15) is 4.79 Å². The Bertz CT molecular complexity index is 975. The summed E-state index contributed by atoms with van der Waals surface area (Å²) in [6.07, 6.45) is 0. The molecule has 3 aromatic rings. The summed E-state index contributed by atoms with van der Waals surface area (Å²) in [5.41, 5.74) is 2.38. The van der Waals surface area contributed by atoms with Gasteiger partial charge in [0, 0.05) is 21.7 Å². The van der Waals surface area contributed by atoms with Gasteiger partial charge in [0.05, 0.1) is 0 Å². The number of thiocarbonyl (C=S) groups is 1. The number of aromatic nitrogens is 1. The van der Waals surface area contributed by atoms with Crippen LogP contribution in [-0.4, -0.2) is 16.0 Å². The number of halogens is 1. The van der Waals surface area contributed by atoms with E-state index < -0.39 is 5.41 Å². The summed E-state index contributed by atoms with van der Waals surface area (Å²) in [5.74, 6) is 0.361. The van der Waals surface area contributed by atoms with E-state index in [0.29, 0.717) is 27.7 Å². The first-order valence-corrected chi connectivity index (χ1v) is 8.80. The van der Waals surface area contributed by atoms with Crippen LogP contribution in [0.2, 0.25) is 5.02 Å². The lowest BCUT2D eigenvalue weighted by atomic mass is 9.96. The molecule has 0 aliphatic rings. The minimum absolute atomic E-state index is 0.150. The first kappa shape index (κ1) is 18.4. The van der Waals surface area contributed by atoms with Crippen LogP contribution in [0.3, 0.4) is 0 Å². The van der Waals surface area contributed by atoms with E-state index in [2.05, 4.69) is 15.6 Å². The average molecular weight is 388 g/mol. The number of fused-ring (bicyclic) bond motifs is 1. The molecule has 1 aromatic heterocycles. The molecule has 1 heterocycles. The molecule has 7 heteroatoms. The molecule has 0 saturated heterocycles. The largest absolute Gasteiger partial charge is 0.436 e. The lowest BCUT2D eigenvalue weighted by molar-refractivity contribution is -0.126. The molecule has 1 amide bonds. The lowest BCUT2D eigenvalue weighted by Gasteiger charge is -2.18. The summed E-state index contributed by atoms with van der Waals surface area (Å²) in [4.78, 5) is 16.5. The van der Waals surface area contributed by atoms with Gasteiger partial charge < -0.3 is 15.1 Å². The molecule has 0 saturated carbocycles. The zero-order valence-corrected chi connectivity index (χ0v) is 16.2. The molecule has 0 aliphatic heterocycles. The van der Waals surface area contributed by atoms with Gasteiger partial charge in [0.2, 0.25) is 11.8 Å². The molecular weight excluding hydrogens is 370 g/mol. The number of hydrogen-bond donors (Lipinski definition) is 2. The molecule has 0 bridgehead atoms. The number of carbonyl (C=O) groups excluding carboxylic acids is 1. The number of oxazole rings is 1. The van der Waals surface area contributed by atoms with E-state index in [0.717, 1.165) is 5.56 Å². The highest BCUT2D eigenvalue weighted by atomic mass is 35.5. The number of carbonyl (C=O) groups is 1. The molecule has 0 unspecified atom stereocenters. The minimum Gasteiger partial charge on any atom is -0.436 e. The molecule has 3 rings (SSSR count). The third-order valence-electron chi connectivity index (χ3n) is 3.64. The molecular formula is C19H18ClN3O2S. The van der Waals surface area contributed by atoms with Gasteiger partial charge >= 0.3 is 0 Å². The van der Waals surface area contributed by atoms with E-state index in [-0.39, 0.29) is 11.0 Å². The van der Waals surface area contributed by atoms with Gasteiger partial charge in [-0.05, 0) is 54.7 Å². The summed E-state index contributed by atoms with van der Waals surface area (Å²) in [5, 5.41) is 6.57. The molecule has 0 spiro atoms. The molecule has 0 fully saturated rings. The van der Waals surface area contributed by atoms with Crippen LogP contribution < -0.4 is 10.6 Å². The molecule has 0 radical (unpaired) electrons. The van der Waals surface area contributed by atoms with Gasteiger partial charge in [-0.25, -0.2) is 4.98 Å². The van der Waals surface area contributed by atoms with Gasteiger partial charge in [0.15, 0.2) is 10.7 Å². The van der Waals surface area contributed by atoms with Crippen molar-refractivity contribution in [3.63, 3.8) is 0 Å². The predicted molar refractivity (Wildman–Crippen MR) is 108 cm³/mol. The highest BCUT2D eigenvalue weighted by Crippen LogP contribution is 2.27. The summed E-state index contributed by atoms with van der Waals surface area (Å²) >= 11 is 11.1. The summed E-state index contributed by atoms with van der Waals surface area (Å²) in [7, 11) is 0. The van der Waals surface area contributed by atoms with Crippen LogP contribution in [-0.2, 0) is 4.79 Å². The van der Waals surface area contributed by atoms with Crippen LogP contribution in [0.15, 0.2) is 46.9 Å². The highest BCUT2D eigenvalue weighted by Gasteiger charge is 2.22. The second kappa shape index (κ2) is 7.05. The van der Waals surface area contributed by atoms with Crippen LogP contribution in [0.4, 0.5) is 5.69 Å². The van der Waals surface area contributed by atoms with Gasteiger partial charge in [-0.3, -0.25) is 4.79 Å². The predicted octanol–water partition coefficient (Wildman–Crippen LogP) is 5.01. The first-order valence-electron chi connectivity index (χ1n) is 8.01. The standard InChI is InChI=1S/C19H18ClN3O2S/c1-19(2,3)17(24)23-18(26)21-13-8-9-15-14(10-13)22-16(25-15)11-4-6-12(20)7-5-11/h4-10H,1-3H3,(H2,21,23,24,26). The Hall–Kier alpha value is -2.44. The van der Waals surface area contributed by atoms with E-state index in [1.807, 2.05) is 45.0 Å². The number of nitrogens with zero attached hydrogens (tertiary/aromatic N) is 1. The van der Waals surface area contributed by atoms with Crippen molar-refractivity contribution in [3.05, 3.63) is 47.5 Å². The summed E-state index contributed by atoms with van der Waals surface area (Å²) in [6.45, 7) is 5.47. The van der Waals surface area contributed by atoms with Gasteiger partial charge in [-0.15, -0.1) is 0 Å². The average Bonchev–Trinajstić information content (AvgIpc) is 2.97. The minimum atomic E-state index is -0.519. The summed E-state index contributed by atoms with van der Waals surface area (Å²) in [6, 6.07) is 12.7. The lowest BCUT2D eigenvalue weighted by Crippen LogP contribution is -2.41. The maximum atomic E-state index is 12.0. The number of benzene rings is 2. The monoisotopic (exact) mass is 387 g/mol. The Morgan fingerprint density at radius 3 is 2.50 bits per heavy atom. The van der Waals surface area contributed by atoms with Crippen molar-refractivity contribution >= 4 is 51.6 Å². The normalized spacial score (nSPS) is 11.4. The third-order valence-corrected chi connectivity index (χ3v) is 4.10. The van der Waals surface area contributed by atoms with E-state index in [4.69, 9.17) is 28.2 Å². The van der Waals surface area contributed by atoms with Gasteiger partial charge in [0.1, 0.15) is 5.52 Å². The number of amides is 1. The Balaban J connectivity index is 1.78. The van der Waals surface area contributed by atoms with Crippen molar-refractivity contribution in [2.45, 2.75) is 20.8 Å². The number of nitrogens with one attached hydrogen (secondary N) is 2. The highest BCUT2D eigenvalue weighted by molar-refractivity contribution is 7.80. The molecule has 26 heavy (non-hydrogen) atoms. The van der Waals surface area contributed by atoms with E-state index in [1.54, 1.807) is 18.2 Å². The number of rotatable bonds is 2. The second-order valence-electron chi connectivity index (χ2n) is 6.87. The Morgan fingerprint density at radius 2 is 1.85 bits per heavy atom. The molecule has 2 N–H and O–H groups in total. The van der Waals surface area contributed by atoms with Crippen LogP contribution in [0, 0.1) is 5.41 Å². The van der Waals surface area contributed by atoms with Crippen molar-refractivity contribution in [1.29, 1.82) is 0 Å². The Morgan fingerprint density at radius 1 is 1.15 bits per heavy atom. The van der Waals surface area contributed by atoms with Crippen molar-refractivity contribution in [2.24, 2.45) is 5.41 Å².